The largest absolute Gasteiger partial charge is 0.357 e. The van der Waals surface area contributed by atoms with Crippen LogP contribution in [0.4, 0.5) is 5.69 Å². The van der Waals surface area contributed by atoms with Crippen LogP contribution < -0.4 is 9.62 Å². The molecule has 1 N–H and O–H groups in total. The molecule has 0 aliphatic heterocycles. The number of hydrogen-bond acceptors (Lipinski definition) is 4. The predicted octanol–water partition coefficient (Wildman–Crippen LogP) is 4.27. The highest BCUT2D eigenvalue weighted by Crippen LogP contribution is 2.27. The minimum absolute atomic E-state index is 0.0405. The number of carbonyl (C=O) groups is 2. The third-order valence-electron chi connectivity index (χ3n) is 5.08. The highest BCUT2D eigenvalue weighted by Gasteiger charge is 2.31. The second-order valence-corrected chi connectivity index (χ2v) is 10.7. The average Bonchev–Trinajstić information content (AvgIpc) is 2.73. The van der Waals surface area contributed by atoms with Gasteiger partial charge in [-0.15, -0.1) is 0 Å². The van der Waals surface area contributed by atoms with Crippen molar-refractivity contribution in [3.63, 3.8) is 0 Å². The lowest BCUT2D eigenvalue weighted by atomic mass is 10.1. The van der Waals surface area contributed by atoms with Gasteiger partial charge in [0.1, 0.15) is 12.6 Å². The molecule has 0 saturated heterocycles. The summed E-state index contributed by atoms with van der Waals surface area (Å²) in [6.07, 6.45) is 1.35. The van der Waals surface area contributed by atoms with Crippen LogP contribution in [0.3, 0.4) is 0 Å². The molecular formula is C22H26Cl3N3O4S. The Kier molecular flexibility index (Phi) is 9.43. The summed E-state index contributed by atoms with van der Waals surface area (Å²) in [7, 11) is -2.34. The Hall–Kier alpha value is -2.00. The maximum atomic E-state index is 13.5. The Morgan fingerprint density at radius 1 is 1.06 bits per heavy atom. The summed E-state index contributed by atoms with van der Waals surface area (Å²) >= 11 is 18.1. The molecule has 0 saturated carbocycles. The minimum Gasteiger partial charge on any atom is -0.357 e. The van der Waals surface area contributed by atoms with E-state index in [9.17, 15) is 18.0 Å². The highest BCUT2D eigenvalue weighted by atomic mass is 35.5. The Morgan fingerprint density at radius 3 is 2.24 bits per heavy atom. The lowest BCUT2D eigenvalue weighted by molar-refractivity contribution is -0.140. The first kappa shape index (κ1) is 27.2. The van der Waals surface area contributed by atoms with Gasteiger partial charge in [-0.2, -0.15) is 0 Å². The average molecular weight is 535 g/mol. The van der Waals surface area contributed by atoms with Crippen molar-refractivity contribution in [2.24, 2.45) is 0 Å². The van der Waals surface area contributed by atoms with Crippen LogP contribution in [0, 0.1) is 6.92 Å². The molecule has 0 unspecified atom stereocenters. The quantitative estimate of drug-likeness (QED) is 0.520. The molecule has 2 rings (SSSR count). The third kappa shape index (κ3) is 6.99. The minimum atomic E-state index is -3.82. The summed E-state index contributed by atoms with van der Waals surface area (Å²) in [5, 5.41) is 3.68. The van der Waals surface area contributed by atoms with Crippen molar-refractivity contribution in [1.29, 1.82) is 0 Å². The van der Waals surface area contributed by atoms with E-state index < -0.39 is 28.5 Å². The van der Waals surface area contributed by atoms with Crippen molar-refractivity contribution in [3.8, 4) is 0 Å². The fourth-order valence-electron chi connectivity index (χ4n) is 3.41. The molecule has 0 aliphatic carbocycles. The van der Waals surface area contributed by atoms with Gasteiger partial charge in [0, 0.05) is 18.6 Å². The lowest BCUT2D eigenvalue weighted by Crippen LogP contribution is -2.51. The summed E-state index contributed by atoms with van der Waals surface area (Å²) in [6.45, 7) is 3.03. The van der Waals surface area contributed by atoms with Crippen molar-refractivity contribution >= 4 is 62.3 Å². The third-order valence-corrected chi connectivity index (χ3v) is 7.18. The summed E-state index contributed by atoms with van der Waals surface area (Å²) in [5.74, 6) is -0.907. The SMILES string of the molecule is CC[C@H](C(=O)NC)N(Cc1ccc(Cl)c(Cl)c1)C(=O)CN(c1ccc(Cl)cc1C)S(C)(=O)=O. The fourth-order valence-corrected chi connectivity index (χ4v) is 4.87. The van der Waals surface area contributed by atoms with Gasteiger partial charge in [-0.25, -0.2) is 8.42 Å². The molecule has 0 aliphatic rings. The van der Waals surface area contributed by atoms with Gasteiger partial charge in [0.15, 0.2) is 0 Å². The van der Waals surface area contributed by atoms with E-state index in [1.54, 1.807) is 50.2 Å². The monoisotopic (exact) mass is 533 g/mol. The molecule has 0 fully saturated rings. The number of nitrogens with zero attached hydrogens (tertiary/aromatic N) is 2. The van der Waals surface area contributed by atoms with Crippen LogP contribution >= 0.6 is 34.8 Å². The molecule has 1 atom stereocenters. The van der Waals surface area contributed by atoms with Gasteiger partial charge in [0.2, 0.25) is 21.8 Å². The van der Waals surface area contributed by atoms with Gasteiger partial charge in [-0.3, -0.25) is 13.9 Å². The van der Waals surface area contributed by atoms with Crippen LogP contribution in [-0.4, -0.2) is 51.0 Å². The zero-order valence-corrected chi connectivity index (χ0v) is 21.8. The van der Waals surface area contributed by atoms with E-state index in [0.29, 0.717) is 38.3 Å². The summed E-state index contributed by atoms with van der Waals surface area (Å²) in [4.78, 5) is 27.4. The molecule has 0 spiro atoms. The number of sulfonamides is 1. The Morgan fingerprint density at radius 2 is 1.73 bits per heavy atom. The number of rotatable bonds is 9. The topological polar surface area (TPSA) is 86.8 Å². The van der Waals surface area contributed by atoms with Gasteiger partial charge in [-0.05, 0) is 54.8 Å². The van der Waals surface area contributed by atoms with Crippen LogP contribution in [0.15, 0.2) is 36.4 Å². The molecule has 180 valence electrons. The zero-order valence-electron chi connectivity index (χ0n) is 18.7. The molecule has 2 amide bonds. The van der Waals surface area contributed by atoms with Crippen LogP contribution in [0.1, 0.15) is 24.5 Å². The van der Waals surface area contributed by atoms with Crippen molar-refractivity contribution in [2.75, 3.05) is 24.2 Å². The van der Waals surface area contributed by atoms with Crippen molar-refractivity contribution in [2.45, 2.75) is 32.9 Å². The van der Waals surface area contributed by atoms with Crippen LogP contribution in [0.5, 0.6) is 0 Å². The molecule has 2 aromatic rings. The van der Waals surface area contributed by atoms with Gasteiger partial charge in [-0.1, -0.05) is 47.8 Å². The molecule has 33 heavy (non-hydrogen) atoms. The first-order valence-electron chi connectivity index (χ1n) is 10.1. The van der Waals surface area contributed by atoms with Gasteiger partial charge < -0.3 is 10.2 Å². The van der Waals surface area contributed by atoms with E-state index in [4.69, 9.17) is 34.8 Å². The fraction of sp³-hybridized carbons (Fsp3) is 0.364. The van der Waals surface area contributed by atoms with E-state index in [0.717, 1.165) is 10.6 Å². The number of carbonyl (C=O) groups excluding carboxylic acids is 2. The van der Waals surface area contributed by atoms with Gasteiger partial charge in [0.25, 0.3) is 0 Å². The van der Waals surface area contributed by atoms with Crippen LogP contribution in [-0.2, 0) is 26.2 Å². The Bertz CT molecular complexity index is 1140. The molecular weight excluding hydrogens is 509 g/mol. The van der Waals surface area contributed by atoms with Crippen LogP contribution in [0.2, 0.25) is 15.1 Å². The van der Waals surface area contributed by atoms with Crippen LogP contribution in [0.25, 0.3) is 0 Å². The molecule has 7 nitrogen and oxygen atoms in total. The number of likely N-dealkylation sites (N-methyl/N-ethyl adjacent to an activating group) is 1. The Balaban J connectivity index is 2.48. The molecule has 0 heterocycles. The van der Waals surface area contributed by atoms with Crippen molar-refractivity contribution in [1.82, 2.24) is 10.2 Å². The first-order chi connectivity index (χ1) is 15.4. The lowest BCUT2D eigenvalue weighted by Gasteiger charge is -2.33. The first-order valence-corrected chi connectivity index (χ1v) is 13.1. The molecule has 0 radical (unpaired) electrons. The molecule has 11 heteroatoms. The molecule has 0 bridgehead atoms. The van der Waals surface area contributed by atoms with E-state index in [1.807, 2.05) is 0 Å². The standard InChI is InChI=1S/C22H26Cl3N3O4S/c1-5-19(22(30)26-3)27(12-15-6-8-17(24)18(25)11-15)21(29)13-28(33(4,31)32)20-9-7-16(23)10-14(20)2/h6-11,19H,5,12-13H2,1-4H3,(H,26,30)/t19-/m1/s1. The van der Waals surface area contributed by atoms with E-state index in [2.05, 4.69) is 5.32 Å². The maximum Gasteiger partial charge on any atom is 0.244 e. The normalized spacial score (nSPS) is 12.2. The van der Waals surface area contributed by atoms with E-state index in [1.165, 1.54) is 11.9 Å². The zero-order chi connectivity index (χ0) is 24.9. The molecule has 0 aromatic heterocycles. The smallest absolute Gasteiger partial charge is 0.244 e. The molecule has 2 aromatic carbocycles. The number of hydrogen-bond donors (Lipinski definition) is 1. The van der Waals surface area contributed by atoms with E-state index in [-0.39, 0.29) is 12.5 Å². The van der Waals surface area contributed by atoms with Gasteiger partial charge >= 0.3 is 0 Å². The number of anilines is 1. The van der Waals surface area contributed by atoms with Crippen molar-refractivity contribution < 1.29 is 18.0 Å². The number of aryl methyl sites for hydroxylation is 1. The number of benzene rings is 2. The van der Waals surface area contributed by atoms with Crippen molar-refractivity contribution in [3.05, 3.63) is 62.6 Å². The second kappa shape index (κ2) is 11.4. The number of halogens is 3. The highest BCUT2D eigenvalue weighted by molar-refractivity contribution is 7.92. The number of nitrogens with one attached hydrogen (secondary N) is 1. The number of amides is 2. The van der Waals surface area contributed by atoms with Gasteiger partial charge in [0.05, 0.1) is 22.0 Å². The summed E-state index contributed by atoms with van der Waals surface area (Å²) < 4.78 is 26.2. The van der Waals surface area contributed by atoms with E-state index >= 15 is 0 Å². The second-order valence-electron chi connectivity index (χ2n) is 7.51. The summed E-state index contributed by atoms with van der Waals surface area (Å²) in [5.41, 5.74) is 1.57. The predicted molar refractivity (Wildman–Crippen MR) is 134 cm³/mol. The maximum absolute atomic E-state index is 13.5. The Labute approximate surface area is 209 Å². The summed E-state index contributed by atoms with van der Waals surface area (Å²) in [6, 6.07) is 8.81.